The summed E-state index contributed by atoms with van der Waals surface area (Å²) in [4.78, 5) is 2.86. The molecule has 0 aliphatic heterocycles. The van der Waals surface area contributed by atoms with Gasteiger partial charge in [-0.3, -0.25) is 0 Å². The number of thiophene rings is 1. The second kappa shape index (κ2) is 5.87. The molecule has 3 heteroatoms. The molecule has 0 aliphatic rings. The van der Waals surface area contributed by atoms with E-state index in [1.165, 1.54) is 19.0 Å². The largest absolute Gasteiger partial charge is 0.378 e. The number of hydrogen-bond acceptors (Lipinski definition) is 2. The lowest BCUT2D eigenvalue weighted by Gasteiger charge is -2.13. The summed E-state index contributed by atoms with van der Waals surface area (Å²) in [6.07, 6.45) is 1.13. The van der Waals surface area contributed by atoms with Crippen LogP contribution in [0.4, 0.5) is 5.69 Å². The quantitative estimate of drug-likeness (QED) is 0.752. The van der Waals surface area contributed by atoms with Crippen molar-refractivity contribution >= 4 is 39.6 Å². The number of hydrogen-bond donors (Lipinski definition) is 1. The van der Waals surface area contributed by atoms with Gasteiger partial charge in [0, 0.05) is 19.0 Å². The van der Waals surface area contributed by atoms with Gasteiger partial charge in [0.2, 0.25) is 0 Å². The van der Waals surface area contributed by atoms with E-state index < -0.39 is 0 Å². The van der Waals surface area contributed by atoms with E-state index in [4.69, 9.17) is 0 Å². The van der Waals surface area contributed by atoms with Crippen LogP contribution in [0.2, 0.25) is 0 Å². The number of aryl methyl sites for hydroxylation is 1. The lowest BCUT2D eigenvalue weighted by atomic mass is 10.2. The van der Waals surface area contributed by atoms with Crippen molar-refractivity contribution in [3.63, 3.8) is 0 Å². The maximum atomic E-state index is 3.54. The van der Waals surface area contributed by atoms with E-state index in [-0.39, 0.29) is 0 Å². The van der Waals surface area contributed by atoms with Crippen LogP contribution >= 0.6 is 33.9 Å². The van der Waals surface area contributed by atoms with Gasteiger partial charge in [-0.2, -0.15) is 0 Å². The molecule has 0 saturated carbocycles. The van der Waals surface area contributed by atoms with Gasteiger partial charge in [0.05, 0.1) is 6.04 Å². The van der Waals surface area contributed by atoms with Gasteiger partial charge in [-0.25, -0.2) is 0 Å². The Balaban J connectivity index is 2.08. The van der Waals surface area contributed by atoms with Crippen LogP contribution in [-0.4, -0.2) is 0 Å². The standard InChI is InChI=1S/C14H16INS/c1-3-13-7-8-14(17-13)10(2)16-12-6-4-5-11(15)9-12/h4-10,16H,3H2,1-2H3. The molecule has 1 atom stereocenters. The van der Waals surface area contributed by atoms with Crippen LogP contribution in [-0.2, 0) is 6.42 Å². The Hall–Kier alpha value is -0.550. The van der Waals surface area contributed by atoms with Crippen molar-refractivity contribution in [2.24, 2.45) is 0 Å². The molecule has 17 heavy (non-hydrogen) atoms. The highest BCUT2D eigenvalue weighted by Gasteiger charge is 2.08. The Morgan fingerprint density at radius 2 is 2.12 bits per heavy atom. The molecule has 0 amide bonds. The third-order valence-electron chi connectivity index (χ3n) is 2.67. The summed E-state index contributed by atoms with van der Waals surface area (Å²) in [5.74, 6) is 0. The second-order valence-electron chi connectivity index (χ2n) is 4.03. The van der Waals surface area contributed by atoms with Crippen LogP contribution in [0, 0.1) is 3.57 Å². The fourth-order valence-electron chi connectivity index (χ4n) is 1.72. The van der Waals surface area contributed by atoms with Crippen molar-refractivity contribution in [3.05, 3.63) is 49.7 Å². The zero-order chi connectivity index (χ0) is 12.3. The first-order valence-corrected chi connectivity index (χ1v) is 7.69. The lowest BCUT2D eigenvalue weighted by Crippen LogP contribution is -2.04. The smallest absolute Gasteiger partial charge is 0.0578 e. The summed E-state index contributed by atoms with van der Waals surface area (Å²) in [7, 11) is 0. The highest BCUT2D eigenvalue weighted by molar-refractivity contribution is 14.1. The van der Waals surface area contributed by atoms with E-state index in [0.29, 0.717) is 6.04 Å². The third-order valence-corrected chi connectivity index (χ3v) is 4.75. The topological polar surface area (TPSA) is 12.0 Å². The summed E-state index contributed by atoms with van der Waals surface area (Å²) >= 11 is 4.24. The molecule has 1 aromatic heterocycles. The normalized spacial score (nSPS) is 12.4. The monoisotopic (exact) mass is 357 g/mol. The predicted octanol–water partition coefficient (Wildman–Crippen LogP) is 5.09. The van der Waals surface area contributed by atoms with Gasteiger partial charge in [-0.1, -0.05) is 13.0 Å². The first-order chi connectivity index (χ1) is 8.19. The fourth-order valence-corrected chi connectivity index (χ4v) is 3.21. The molecule has 0 fully saturated rings. The predicted molar refractivity (Wildman–Crippen MR) is 84.9 cm³/mol. The van der Waals surface area contributed by atoms with Crippen molar-refractivity contribution in [1.29, 1.82) is 0 Å². The zero-order valence-corrected chi connectivity index (χ0v) is 13.0. The van der Waals surface area contributed by atoms with E-state index in [1.807, 2.05) is 11.3 Å². The maximum Gasteiger partial charge on any atom is 0.0578 e. The minimum atomic E-state index is 0.374. The van der Waals surface area contributed by atoms with Crippen LogP contribution < -0.4 is 5.32 Å². The van der Waals surface area contributed by atoms with Crippen molar-refractivity contribution in [1.82, 2.24) is 0 Å². The molecule has 1 N–H and O–H groups in total. The Morgan fingerprint density at radius 1 is 1.29 bits per heavy atom. The van der Waals surface area contributed by atoms with E-state index in [0.717, 1.165) is 6.42 Å². The van der Waals surface area contributed by atoms with Crippen molar-refractivity contribution < 1.29 is 0 Å². The molecule has 0 radical (unpaired) electrons. The average Bonchev–Trinajstić information content (AvgIpc) is 2.77. The summed E-state index contributed by atoms with van der Waals surface area (Å²) in [6.45, 7) is 4.42. The van der Waals surface area contributed by atoms with E-state index in [9.17, 15) is 0 Å². The Kier molecular flexibility index (Phi) is 4.45. The van der Waals surface area contributed by atoms with Gasteiger partial charge in [-0.15, -0.1) is 11.3 Å². The van der Waals surface area contributed by atoms with Crippen LogP contribution in [0.15, 0.2) is 36.4 Å². The molecule has 1 nitrogen and oxygen atoms in total. The average molecular weight is 357 g/mol. The minimum absolute atomic E-state index is 0.374. The third kappa shape index (κ3) is 3.45. The Bertz CT molecular complexity index is 492. The molecule has 1 aromatic carbocycles. The number of rotatable bonds is 4. The molecule has 0 saturated heterocycles. The van der Waals surface area contributed by atoms with Crippen molar-refractivity contribution in [2.45, 2.75) is 26.3 Å². The van der Waals surface area contributed by atoms with Crippen molar-refractivity contribution in [3.8, 4) is 0 Å². The Labute approximate surface area is 120 Å². The first-order valence-electron chi connectivity index (χ1n) is 5.79. The van der Waals surface area contributed by atoms with Crippen LogP contribution in [0.25, 0.3) is 0 Å². The van der Waals surface area contributed by atoms with E-state index in [1.54, 1.807) is 0 Å². The molecule has 1 heterocycles. The molecule has 90 valence electrons. The van der Waals surface area contributed by atoms with Gasteiger partial charge in [0.25, 0.3) is 0 Å². The van der Waals surface area contributed by atoms with Gasteiger partial charge < -0.3 is 5.32 Å². The lowest BCUT2D eigenvalue weighted by molar-refractivity contribution is 0.908. The fraction of sp³-hybridized carbons (Fsp3) is 0.286. The summed E-state index contributed by atoms with van der Waals surface area (Å²) in [5.41, 5.74) is 1.19. The Morgan fingerprint density at radius 3 is 2.76 bits per heavy atom. The van der Waals surface area contributed by atoms with E-state index in [2.05, 4.69) is 78.2 Å². The number of benzene rings is 1. The molecule has 2 rings (SSSR count). The highest BCUT2D eigenvalue weighted by Crippen LogP contribution is 2.26. The van der Waals surface area contributed by atoms with Gasteiger partial charge in [-0.05, 0) is 66.3 Å². The molecular formula is C14H16INS. The molecule has 0 spiro atoms. The zero-order valence-electron chi connectivity index (χ0n) is 10.0. The molecular weight excluding hydrogens is 341 g/mol. The van der Waals surface area contributed by atoms with Gasteiger partial charge in [0.15, 0.2) is 0 Å². The number of nitrogens with one attached hydrogen (secondary N) is 1. The molecule has 0 aliphatic carbocycles. The maximum absolute atomic E-state index is 3.54. The van der Waals surface area contributed by atoms with Crippen LogP contribution in [0.5, 0.6) is 0 Å². The summed E-state index contributed by atoms with van der Waals surface area (Å²) in [5, 5.41) is 3.54. The van der Waals surface area contributed by atoms with E-state index >= 15 is 0 Å². The minimum Gasteiger partial charge on any atom is -0.378 e. The van der Waals surface area contributed by atoms with Crippen molar-refractivity contribution in [2.75, 3.05) is 5.32 Å². The first kappa shape index (κ1) is 12.9. The second-order valence-corrected chi connectivity index (χ2v) is 6.48. The molecule has 2 aromatic rings. The van der Waals surface area contributed by atoms with Gasteiger partial charge >= 0.3 is 0 Å². The molecule has 1 unspecified atom stereocenters. The highest BCUT2D eigenvalue weighted by atomic mass is 127. The molecule has 0 bridgehead atoms. The number of halogens is 1. The number of anilines is 1. The summed E-state index contributed by atoms with van der Waals surface area (Å²) in [6, 6.07) is 13.3. The van der Waals surface area contributed by atoms with Gasteiger partial charge in [0.1, 0.15) is 0 Å². The van der Waals surface area contributed by atoms with Crippen LogP contribution in [0.3, 0.4) is 0 Å². The SMILES string of the molecule is CCc1ccc(C(C)Nc2cccc(I)c2)s1. The van der Waals surface area contributed by atoms with Crippen LogP contribution in [0.1, 0.15) is 29.6 Å². The summed E-state index contributed by atoms with van der Waals surface area (Å²) < 4.78 is 1.26.